The zero-order chi connectivity index (χ0) is 24.5. The lowest BCUT2D eigenvalue weighted by molar-refractivity contribution is -0.137. The van der Waals surface area contributed by atoms with Crippen LogP contribution in [0, 0.1) is 0 Å². The molecule has 8 heteroatoms. The van der Waals surface area contributed by atoms with E-state index in [0.717, 1.165) is 13.1 Å². The SMILES string of the molecule is CC(C)(C)c1ccccc1N1CCN(C(=O)c2ccc(N3CCN(CC(=O)O)C3=O)cc2)CC1. The first-order valence-electron chi connectivity index (χ1n) is 11.7. The van der Waals surface area contributed by atoms with E-state index in [4.69, 9.17) is 5.11 Å². The Labute approximate surface area is 200 Å². The molecule has 0 bridgehead atoms. The number of rotatable bonds is 5. The fourth-order valence-electron chi connectivity index (χ4n) is 4.63. The highest BCUT2D eigenvalue weighted by Gasteiger charge is 2.31. The number of benzene rings is 2. The summed E-state index contributed by atoms with van der Waals surface area (Å²) in [7, 11) is 0. The van der Waals surface area contributed by atoms with Crippen LogP contribution in [0.25, 0.3) is 0 Å². The van der Waals surface area contributed by atoms with Gasteiger partial charge in [-0.1, -0.05) is 39.0 Å². The Morgan fingerprint density at radius 3 is 2.15 bits per heavy atom. The summed E-state index contributed by atoms with van der Waals surface area (Å²) in [5, 5.41) is 8.94. The van der Waals surface area contributed by atoms with Crippen molar-refractivity contribution in [2.24, 2.45) is 0 Å². The molecule has 34 heavy (non-hydrogen) atoms. The van der Waals surface area contributed by atoms with Crippen LogP contribution in [0.4, 0.5) is 16.2 Å². The topological polar surface area (TPSA) is 84.4 Å². The summed E-state index contributed by atoms with van der Waals surface area (Å²) in [5.41, 5.74) is 3.84. The quantitative estimate of drug-likeness (QED) is 0.734. The highest BCUT2D eigenvalue weighted by Crippen LogP contribution is 2.32. The Kier molecular flexibility index (Phi) is 6.50. The number of nitrogens with zero attached hydrogens (tertiary/aromatic N) is 4. The molecule has 0 unspecified atom stereocenters. The highest BCUT2D eigenvalue weighted by atomic mass is 16.4. The molecule has 4 rings (SSSR count). The van der Waals surface area contributed by atoms with Gasteiger partial charge in [0, 0.05) is 56.2 Å². The monoisotopic (exact) mass is 464 g/mol. The van der Waals surface area contributed by atoms with Crippen molar-refractivity contribution in [3.05, 3.63) is 59.7 Å². The maximum atomic E-state index is 13.1. The third kappa shape index (κ3) is 4.85. The molecule has 0 aliphatic carbocycles. The molecule has 0 atom stereocenters. The summed E-state index contributed by atoms with van der Waals surface area (Å²) in [6, 6.07) is 15.2. The average molecular weight is 465 g/mol. The number of hydrogen-bond acceptors (Lipinski definition) is 4. The molecule has 2 aliphatic heterocycles. The summed E-state index contributed by atoms with van der Waals surface area (Å²) in [5.74, 6) is -1.05. The third-order valence-electron chi connectivity index (χ3n) is 6.47. The lowest BCUT2D eigenvalue weighted by Crippen LogP contribution is -2.49. The maximum absolute atomic E-state index is 13.1. The molecule has 2 fully saturated rings. The van der Waals surface area contributed by atoms with Gasteiger partial charge in [0.05, 0.1) is 0 Å². The van der Waals surface area contributed by atoms with Crippen LogP contribution in [0.3, 0.4) is 0 Å². The molecule has 8 nitrogen and oxygen atoms in total. The number of aliphatic carboxylic acids is 1. The first-order valence-corrected chi connectivity index (χ1v) is 11.7. The lowest BCUT2D eigenvalue weighted by Gasteiger charge is -2.38. The second kappa shape index (κ2) is 9.37. The van der Waals surface area contributed by atoms with Crippen molar-refractivity contribution in [3.8, 4) is 0 Å². The van der Waals surface area contributed by atoms with E-state index in [1.165, 1.54) is 16.2 Å². The van der Waals surface area contributed by atoms with E-state index in [1.807, 2.05) is 4.90 Å². The second-order valence-electron chi connectivity index (χ2n) is 9.84. The summed E-state index contributed by atoms with van der Waals surface area (Å²) < 4.78 is 0. The molecule has 3 amide bonds. The van der Waals surface area contributed by atoms with Gasteiger partial charge in [-0.2, -0.15) is 0 Å². The number of anilines is 2. The van der Waals surface area contributed by atoms with E-state index >= 15 is 0 Å². The molecule has 2 aromatic carbocycles. The molecule has 2 aliphatic rings. The van der Waals surface area contributed by atoms with Gasteiger partial charge in [0.15, 0.2) is 0 Å². The number of urea groups is 1. The first-order chi connectivity index (χ1) is 16.1. The molecule has 0 radical (unpaired) electrons. The summed E-state index contributed by atoms with van der Waals surface area (Å²) in [4.78, 5) is 43.5. The first kappa shape index (κ1) is 23.6. The van der Waals surface area contributed by atoms with Crippen LogP contribution >= 0.6 is 0 Å². The van der Waals surface area contributed by atoms with Crippen molar-refractivity contribution >= 4 is 29.3 Å². The van der Waals surface area contributed by atoms with Gasteiger partial charge in [0.1, 0.15) is 6.54 Å². The fourth-order valence-corrected chi connectivity index (χ4v) is 4.63. The van der Waals surface area contributed by atoms with Crippen LogP contribution in [0.15, 0.2) is 48.5 Å². The Balaban J connectivity index is 1.38. The number of carbonyl (C=O) groups excluding carboxylic acids is 2. The molecule has 0 spiro atoms. The van der Waals surface area contributed by atoms with Crippen molar-refractivity contribution in [1.29, 1.82) is 0 Å². The predicted molar refractivity (Wildman–Crippen MR) is 132 cm³/mol. The largest absolute Gasteiger partial charge is 0.480 e. The normalized spacial score (nSPS) is 16.9. The number of carboxylic acids is 1. The van der Waals surface area contributed by atoms with Crippen LogP contribution in [0.1, 0.15) is 36.7 Å². The van der Waals surface area contributed by atoms with Gasteiger partial charge >= 0.3 is 12.0 Å². The number of hydrogen-bond donors (Lipinski definition) is 1. The molecule has 180 valence electrons. The van der Waals surface area contributed by atoms with Crippen LogP contribution < -0.4 is 9.80 Å². The minimum atomic E-state index is -1.03. The number of amides is 3. The van der Waals surface area contributed by atoms with Crippen molar-refractivity contribution < 1.29 is 19.5 Å². The van der Waals surface area contributed by atoms with Crippen molar-refractivity contribution in [1.82, 2.24) is 9.80 Å². The van der Waals surface area contributed by atoms with E-state index in [0.29, 0.717) is 37.4 Å². The van der Waals surface area contributed by atoms with Gasteiger partial charge in [-0.15, -0.1) is 0 Å². The predicted octanol–water partition coefficient (Wildman–Crippen LogP) is 3.27. The van der Waals surface area contributed by atoms with E-state index in [1.54, 1.807) is 29.2 Å². The number of carboxylic acid groups (broad SMARTS) is 1. The Morgan fingerprint density at radius 2 is 1.53 bits per heavy atom. The average Bonchev–Trinajstić information content (AvgIpc) is 3.17. The molecule has 0 aromatic heterocycles. The van der Waals surface area contributed by atoms with Crippen molar-refractivity contribution in [3.63, 3.8) is 0 Å². The standard InChI is InChI=1S/C26H32N4O4/c1-26(2,3)21-6-4-5-7-22(21)27-12-14-28(15-13-27)24(33)19-8-10-20(11-9-19)30-17-16-29(25(30)34)18-23(31)32/h4-11H,12-18H2,1-3H3,(H,31,32). The van der Waals surface area contributed by atoms with Crippen LogP contribution in [-0.4, -0.2) is 78.6 Å². The minimum absolute atomic E-state index is 0.0180. The Hall–Kier alpha value is -3.55. The van der Waals surface area contributed by atoms with Gasteiger partial charge in [0.25, 0.3) is 5.91 Å². The van der Waals surface area contributed by atoms with Gasteiger partial charge in [-0.05, 0) is 41.3 Å². The van der Waals surface area contributed by atoms with Crippen molar-refractivity contribution in [2.45, 2.75) is 26.2 Å². The van der Waals surface area contributed by atoms with E-state index < -0.39 is 5.97 Å². The molecule has 0 saturated carbocycles. The number of piperazine rings is 1. The highest BCUT2D eigenvalue weighted by molar-refractivity contribution is 5.98. The zero-order valence-electron chi connectivity index (χ0n) is 20.0. The zero-order valence-corrected chi connectivity index (χ0v) is 20.0. The molecule has 2 heterocycles. The summed E-state index contributed by atoms with van der Waals surface area (Å²) in [6.45, 7) is 9.99. The molecule has 2 aromatic rings. The van der Waals surface area contributed by atoms with Gasteiger partial charge in [-0.25, -0.2) is 4.79 Å². The van der Waals surface area contributed by atoms with Gasteiger partial charge < -0.3 is 19.8 Å². The van der Waals surface area contributed by atoms with Gasteiger partial charge in [0.2, 0.25) is 0 Å². The van der Waals surface area contributed by atoms with E-state index in [9.17, 15) is 14.4 Å². The number of para-hydroxylation sites is 1. The summed E-state index contributed by atoms with van der Waals surface area (Å²) >= 11 is 0. The Morgan fingerprint density at radius 1 is 0.882 bits per heavy atom. The lowest BCUT2D eigenvalue weighted by atomic mass is 9.85. The third-order valence-corrected chi connectivity index (χ3v) is 6.47. The van der Waals surface area contributed by atoms with Crippen LogP contribution in [-0.2, 0) is 10.2 Å². The smallest absolute Gasteiger partial charge is 0.325 e. The van der Waals surface area contributed by atoms with E-state index in [-0.39, 0.29) is 23.9 Å². The fraction of sp³-hybridized carbons (Fsp3) is 0.423. The van der Waals surface area contributed by atoms with Crippen LogP contribution in [0.2, 0.25) is 0 Å². The van der Waals surface area contributed by atoms with Crippen LogP contribution in [0.5, 0.6) is 0 Å². The minimum Gasteiger partial charge on any atom is -0.480 e. The summed E-state index contributed by atoms with van der Waals surface area (Å²) in [6.07, 6.45) is 0. The molecular formula is C26H32N4O4. The number of carbonyl (C=O) groups is 3. The Bertz CT molecular complexity index is 1070. The second-order valence-corrected chi connectivity index (χ2v) is 9.84. The van der Waals surface area contributed by atoms with Gasteiger partial charge in [-0.3, -0.25) is 14.5 Å². The van der Waals surface area contributed by atoms with E-state index in [2.05, 4.69) is 49.9 Å². The van der Waals surface area contributed by atoms with Crippen molar-refractivity contribution in [2.75, 3.05) is 55.6 Å². The molecule has 1 N–H and O–H groups in total. The molecular weight excluding hydrogens is 432 g/mol. The maximum Gasteiger partial charge on any atom is 0.325 e. The molecule has 2 saturated heterocycles.